The van der Waals surface area contributed by atoms with Crippen LogP contribution >= 0.6 is 24.8 Å². The first-order valence-electron chi connectivity index (χ1n) is 9.73. The lowest BCUT2D eigenvalue weighted by Crippen LogP contribution is -2.36. The Labute approximate surface area is 186 Å². The van der Waals surface area contributed by atoms with E-state index in [1.807, 2.05) is 19.9 Å². The zero-order valence-electron chi connectivity index (χ0n) is 17.0. The molecule has 0 unspecified atom stereocenters. The fourth-order valence-electron chi connectivity index (χ4n) is 3.63. The molecule has 1 aliphatic heterocycles. The van der Waals surface area contributed by atoms with E-state index < -0.39 is 17.3 Å². The summed E-state index contributed by atoms with van der Waals surface area (Å²) in [5, 5.41) is 21.1. The number of carbonyl (C=O) groups excluding carboxylic acids is 1. The van der Waals surface area contributed by atoms with E-state index in [-0.39, 0.29) is 48.2 Å². The van der Waals surface area contributed by atoms with Gasteiger partial charge >= 0.3 is 0 Å². The normalized spacial score (nSPS) is 16.0. The Morgan fingerprint density at radius 1 is 1.40 bits per heavy atom. The molecular weight excluding hydrogens is 431 g/mol. The van der Waals surface area contributed by atoms with Crippen molar-refractivity contribution in [2.75, 3.05) is 18.8 Å². The summed E-state index contributed by atoms with van der Waals surface area (Å²) in [5.74, 6) is -0.650. The van der Waals surface area contributed by atoms with Crippen molar-refractivity contribution in [2.45, 2.75) is 45.7 Å². The molecule has 1 saturated carbocycles. The standard InChI is InChI=1S/C19H26N6O3.2ClH/c1-10(2)9-24-17-13(11-5-7-21-8-6-11)15(20)23-25(17)19(28)14(18(24)27)16(26)22-12-3-4-12;;/h5,10,12,21,28H,3-4,6-9H2,1-2H3,(H2,20,23)(H,22,26);2*1H. The highest BCUT2D eigenvalue weighted by molar-refractivity contribution is 5.97. The molecule has 1 aliphatic carbocycles. The molecule has 3 heterocycles. The predicted octanol–water partition coefficient (Wildman–Crippen LogP) is 1.55. The molecule has 2 aromatic rings. The van der Waals surface area contributed by atoms with E-state index in [1.54, 1.807) is 0 Å². The lowest BCUT2D eigenvalue weighted by Gasteiger charge is -2.18. The number of rotatable bonds is 5. The average Bonchev–Trinajstić information content (AvgIpc) is 3.39. The number of hydrogen-bond donors (Lipinski definition) is 4. The van der Waals surface area contributed by atoms with E-state index >= 15 is 0 Å². The van der Waals surface area contributed by atoms with Crippen molar-refractivity contribution in [3.8, 4) is 5.88 Å². The average molecular weight is 459 g/mol. The van der Waals surface area contributed by atoms with E-state index in [4.69, 9.17) is 5.73 Å². The van der Waals surface area contributed by atoms with Crippen molar-refractivity contribution < 1.29 is 9.90 Å². The Bertz CT molecular complexity index is 1040. The number of aromatic hydroxyl groups is 1. The minimum Gasteiger partial charge on any atom is -0.492 e. The van der Waals surface area contributed by atoms with Crippen LogP contribution in [0.1, 0.15) is 49.0 Å². The number of nitrogens with one attached hydrogen (secondary N) is 2. The lowest BCUT2D eigenvalue weighted by atomic mass is 10.0. The number of hydrogen-bond acceptors (Lipinski definition) is 6. The van der Waals surface area contributed by atoms with E-state index in [2.05, 4.69) is 15.7 Å². The maximum Gasteiger partial charge on any atom is 0.270 e. The zero-order valence-corrected chi connectivity index (χ0v) is 18.6. The molecule has 166 valence electrons. The van der Waals surface area contributed by atoms with E-state index in [0.29, 0.717) is 24.3 Å². The molecule has 2 aromatic heterocycles. The molecule has 4 rings (SSSR count). The van der Waals surface area contributed by atoms with E-state index in [9.17, 15) is 14.7 Å². The molecular formula is C19H28Cl2N6O3. The second kappa shape index (κ2) is 9.28. The number of nitrogens with zero attached hydrogens (tertiary/aromatic N) is 3. The molecule has 1 amide bonds. The number of anilines is 1. The van der Waals surface area contributed by atoms with Gasteiger partial charge in [0.25, 0.3) is 11.5 Å². The fourth-order valence-corrected chi connectivity index (χ4v) is 3.63. The summed E-state index contributed by atoms with van der Waals surface area (Å²) >= 11 is 0. The predicted molar refractivity (Wildman–Crippen MR) is 121 cm³/mol. The van der Waals surface area contributed by atoms with E-state index in [0.717, 1.165) is 31.4 Å². The topological polar surface area (TPSA) is 127 Å². The van der Waals surface area contributed by atoms with Gasteiger partial charge < -0.3 is 21.5 Å². The van der Waals surface area contributed by atoms with Crippen molar-refractivity contribution in [3.05, 3.63) is 27.6 Å². The first kappa shape index (κ1) is 24.0. The largest absolute Gasteiger partial charge is 0.492 e. The van der Waals surface area contributed by atoms with Crippen LogP contribution in [0.5, 0.6) is 5.88 Å². The minimum absolute atomic E-state index is 0. The van der Waals surface area contributed by atoms with Crippen molar-refractivity contribution >= 4 is 47.8 Å². The van der Waals surface area contributed by atoms with Crippen LogP contribution < -0.4 is 21.9 Å². The van der Waals surface area contributed by atoms with Crippen molar-refractivity contribution in [1.29, 1.82) is 0 Å². The molecule has 0 spiro atoms. The van der Waals surface area contributed by atoms with Gasteiger partial charge in [-0.1, -0.05) is 19.9 Å². The second-order valence-corrected chi connectivity index (χ2v) is 7.94. The van der Waals surface area contributed by atoms with Gasteiger partial charge in [0.2, 0.25) is 5.88 Å². The molecule has 11 heteroatoms. The first-order valence-corrected chi connectivity index (χ1v) is 9.73. The highest BCUT2D eigenvalue weighted by atomic mass is 35.5. The number of halogens is 2. The first-order chi connectivity index (χ1) is 13.4. The lowest BCUT2D eigenvalue weighted by molar-refractivity contribution is 0.0944. The van der Waals surface area contributed by atoms with Crippen molar-refractivity contribution in [1.82, 2.24) is 24.8 Å². The van der Waals surface area contributed by atoms with Crippen LogP contribution in [0.3, 0.4) is 0 Å². The molecule has 0 saturated heterocycles. The zero-order chi connectivity index (χ0) is 20.0. The molecule has 0 bridgehead atoms. The summed E-state index contributed by atoms with van der Waals surface area (Å²) in [7, 11) is 0. The maximum absolute atomic E-state index is 13.3. The minimum atomic E-state index is -0.568. The highest BCUT2D eigenvalue weighted by Crippen LogP contribution is 2.32. The summed E-state index contributed by atoms with van der Waals surface area (Å²) in [4.78, 5) is 25.9. The summed E-state index contributed by atoms with van der Waals surface area (Å²) in [5.41, 5.74) is 7.47. The summed E-state index contributed by atoms with van der Waals surface area (Å²) in [6.45, 7) is 5.86. The molecule has 30 heavy (non-hydrogen) atoms. The molecule has 5 N–H and O–H groups in total. The Kier molecular flexibility index (Phi) is 7.44. The van der Waals surface area contributed by atoms with Crippen LogP contribution in [0.4, 0.5) is 5.82 Å². The quantitative estimate of drug-likeness (QED) is 0.538. The smallest absolute Gasteiger partial charge is 0.270 e. The van der Waals surface area contributed by atoms with Crippen LogP contribution in [0.25, 0.3) is 11.2 Å². The molecule has 9 nitrogen and oxygen atoms in total. The Balaban J connectivity index is 0.00000160. The maximum atomic E-state index is 13.3. The number of aromatic nitrogens is 3. The molecule has 0 aromatic carbocycles. The van der Waals surface area contributed by atoms with Gasteiger partial charge in [-0.3, -0.25) is 14.2 Å². The van der Waals surface area contributed by atoms with Gasteiger partial charge in [-0.15, -0.1) is 29.9 Å². The highest BCUT2D eigenvalue weighted by Gasteiger charge is 2.31. The number of carbonyl (C=O) groups is 1. The van der Waals surface area contributed by atoms with Gasteiger partial charge in [0.1, 0.15) is 0 Å². The van der Waals surface area contributed by atoms with Gasteiger partial charge in [-0.05, 0) is 37.3 Å². The van der Waals surface area contributed by atoms with Gasteiger partial charge in [-0.2, -0.15) is 4.52 Å². The third-order valence-electron chi connectivity index (χ3n) is 5.10. The number of fused-ring (bicyclic) bond motifs is 1. The Morgan fingerprint density at radius 3 is 2.67 bits per heavy atom. The summed E-state index contributed by atoms with van der Waals surface area (Å²) in [6, 6.07) is 0.0682. The summed E-state index contributed by atoms with van der Waals surface area (Å²) < 4.78 is 2.76. The van der Waals surface area contributed by atoms with Crippen LogP contribution in [-0.2, 0) is 6.54 Å². The Morgan fingerprint density at radius 2 is 2.10 bits per heavy atom. The Hall–Kier alpha value is -2.23. The summed E-state index contributed by atoms with van der Waals surface area (Å²) in [6.07, 6.45) is 4.53. The van der Waals surface area contributed by atoms with Gasteiger partial charge in [0.05, 0.1) is 5.56 Å². The molecule has 1 fully saturated rings. The van der Waals surface area contributed by atoms with Crippen LogP contribution in [0.2, 0.25) is 0 Å². The number of nitrogens with two attached hydrogens (primary N) is 1. The SMILES string of the molecule is CC(C)Cn1c(=O)c(C(=O)NC2CC2)c(O)n2nc(N)c(C3=CCNCC3)c12.Cl.Cl. The molecule has 0 radical (unpaired) electrons. The molecule has 2 aliphatic rings. The van der Waals surface area contributed by atoms with Crippen LogP contribution in [-0.4, -0.2) is 44.3 Å². The fraction of sp³-hybridized carbons (Fsp3) is 0.526. The second-order valence-electron chi connectivity index (χ2n) is 7.94. The third-order valence-corrected chi connectivity index (χ3v) is 5.10. The number of amides is 1. The van der Waals surface area contributed by atoms with Crippen molar-refractivity contribution in [3.63, 3.8) is 0 Å². The van der Waals surface area contributed by atoms with Crippen molar-refractivity contribution in [2.24, 2.45) is 5.92 Å². The third kappa shape index (κ3) is 4.28. The van der Waals surface area contributed by atoms with Crippen LogP contribution in [0, 0.1) is 5.92 Å². The van der Waals surface area contributed by atoms with E-state index in [1.165, 1.54) is 9.08 Å². The number of nitrogen functional groups attached to an aromatic ring is 1. The van der Waals surface area contributed by atoms with Gasteiger partial charge in [0.15, 0.2) is 17.0 Å². The van der Waals surface area contributed by atoms with Crippen LogP contribution in [0.15, 0.2) is 10.9 Å². The van der Waals surface area contributed by atoms with Gasteiger partial charge in [0, 0.05) is 19.1 Å². The monoisotopic (exact) mass is 458 g/mol. The van der Waals surface area contributed by atoms with Gasteiger partial charge in [-0.25, -0.2) is 0 Å². The molecule has 0 atom stereocenters.